The Balaban J connectivity index is 0.000000257. The van der Waals surface area contributed by atoms with E-state index in [1.54, 1.807) is 46.3 Å². The Hall–Kier alpha value is -2.92. The first-order chi connectivity index (χ1) is 11.9. The van der Waals surface area contributed by atoms with E-state index in [4.69, 9.17) is 30.9 Å². The quantitative estimate of drug-likeness (QED) is 0.632. The Bertz CT molecular complexity index is 781. The number of nitriles is 1. The summed E-state index contributed by atoms with van der Waals surface area (Å²) < 4.78 is 14.8. The molecule has 4 N–H and O–H groups in total. The van der Waals surface area contributed by atoms with Gasteiger partial charge in [0.1, 0.15) is 27.4 Å². The molecule has 0 unspecified atom stereocenters. The number of methoxy groups -OCH3 is 2. The van der Waals surface area contributed by atoms with Gasteiger partial charge in [-0.3, -0.25) is 0 Å². The molecular weight excluding hydrogens is 342 g/mol. The number of benzene rings is 1. The summed E-state index contributed by atoms with van der Waals surface area (Å²) in [6.45, 7) is 3.74. The van der Waals surface area contributed by atoms with Crippen molar-refractivity contribution in [2.75, 3.05) is 32.3 Å². The number of thiophene rings is 1. The average molecular weight is 363 g/mol. The van der Waals surface area contributed by atoms with Crippen LogP contribution in [0, 0.1) is 18.3 Å². The number of nitrogen functional groups attached to an aromatic ring is 2. The SMILES string of the molecule is CCOC(=O)c1sc(N)c(C#N)c1C.COc1ccc(OC)c(N)c1. The second-order valence-corrected chi connectivity index (χ2v) is 5.79. The first kappa shape index (κ1) is 20.1. The van der Waals surface area contributed by atoms with E-state index >= 15 is 0 Å². The fourth-order valence-electron chi connectivity index (χ4n) is 1.91. The van der Waals surface area contributed by atoms with E-state index in [-0.39, 0.29) is 0 Å². The minimum Gasteiger partial charge on any atom is -0.497 e. The van der Waals surface area contributed by atoms with Gasteiger partial charge in [-0.05, 0) is 31.5 Å². The summed E-state index contributed by atoms with van der Waals surface area (Å²) in [5.41, 5.74) is 12.7. The normalized spacial score (nSPS) is 9.40. The summed E-state index contributed by atoms with van der Waals surface area (Å²) >= 11 is 1.09. The molecule has 0 radical (unpaired) electrons. The molecule has 0 spiro atoms. The van der Waals surface area contributed by atoms with Gasteiger partial charge in [0.2, 0.25) is 0 Å². The molecule has 8 heteroatoms. The number of hydrogen-bond acceptors (Lipinski definition) is 8. The van der Waals surface area contributed by atoms with E-state index in [2.05, 4.69) is 0 Å². The molecule has 134 valence electrons. The van der Waals surface area contributed by atoms with Crippen LogP contribution in [0.1, 0.15) is 27.7 Å². The fraction of sp³-hybridized carbons (Fsp3) is 0.294. The number of carbonyl (C=O) groups is 1. The highest BCUT2D eigenvalue weighted by Gasteiger charge is 2.19. The topological polar surface area (TPSA) is 121 Å². The molecule has 0 aliphatic rings. The molecule has 2 aromatic rings. The zero-order valence-electron chi connectivity index (χ0n) is 14.6. The van der Waals surface area contributed by atoms with Crippen LogP contribution in [0.5, 0.6) is 11.5 Å². The number of rotatable bonds is 4. The van der Waals surface area contributed by atoms with Gasteiger partial charge >= 0.3 is 5.97 Å². The predicted molar refractivity (Wildman–Crippen MR) is 98.1 cm³/mol. The average Bonchev–Trinajstić information content (AvgIpc) is 2.89. The minimum atomic E-state index is -0.414. The van der Waals surface area contributed by atoms with Gasteiger partial charge in [0, 0.05) is 6.07 Å². The van der Waals surface area contributed by atoms with Crippen LogP contribution in [-0.2, 0) is 4.74 Å². The Morgan fingerprint density at radius 2 is 1.96 bits per heavy atom. The second kappa shape index (κ2) is 9.39. The summed E-state index contributed by atoms with van der Waals surface area (Å²) in [6, 6.07) is 7.25. The van der Waals surface area contributed by atoms with Crippen molar-refractivity contribution in [1.82, 2.24) is 0 Å². The van der Waals surface area contributed by atoms with E-state index in [0.29, 0.717) is 39.0 Å². The molecule has 25 heavy (non-hydrogen) atoms. The number of carbonyl (C=O) groups excluding carboxylic acids is 1. The summed E-state index contributed by atoms with van der Waals surface area (Å²) in [6.07, 6.45) is 0. The Kier molecular flexibility index (Phi) is 7.56. The van der Waals surface area contributed by atoms with E-state index in [0.717, 1.165) is 17.1 Å². The third-order valence-corrected chi connectivity index (χ3v) is 4.28. The maximum Gasteiger partial charge on any atom is 0.348 e. The molecule has 1 heterocycles. The molecule has 1 aromatic heterocycles. The third-order valence-electron chi connectivity index (χ3n) is 3.18. The van der Waals surface area contributed by atoms with Crippen molar-refractivity contribution in [2.24, 2.45) is 0 Å². The number of anilines is 2. The summed E-state index contributed by atoms with van der Waals surface area (Å²) in [7, 11) is 3.18. The minimum absolute atomic E-state index is 0.317. The van der Waals surface area contributed by atoms with Gasteiger partial charge in [-0.2, -0.15) is 5.26 Å². The van der Waals surface area contributed by atoms with Crippen LogP contribution >= 0.6 is 11.3 Å². The van der Waals surface area contributed by atoms with Crippen molar-refractivity contribution >= 4 is 28.0 Å². The van der Waals surface area contributed by atoms with Gasteiger partial charge in [0.05, 0.1) is 32.1 Å². The van der Waals surface area contributed by atoms with E-state index < -0.39 is 5.97 Å². The second-order valence-electron chi connectivity index (χ2n) is 4.74. The Morgan fingerprint density at radius 3 is 2.40 bits per heavy atom. The lowest BCUT2D eigenvalue weighted by atomic mass is 10.2. The van der Waals surface area contributed by atoms with Gasteiger partial charge in [-0.25, -0.2) is 4.79 Å². The highest BCUT2D eigenvalue weighted by molar-refractivity contribution is 7.18. The van der Waals surface area contributed by atoms with Crippen molar-refractivity contribution in [3.05, 3.63) is 34.2 Å². The highest BCUT2D eigenvalue weighted by Crippen LogP contribution is 2.30. The number of nitrogens with two attached hydrogens (primary N) is 2. The van der Waals surface area contributed by atoms with Gasteiger partial charge < -0.3 is 25.7 Å². The third kappa shape index (κ3) is 5.02. The first-order valence-corrected chi connectivity index (χ1v) is 8.14. The molecule has 0 bridgehead atoms. The number of esters is 1. The number of nitrogens with zero attached hydrogens (tertiary/aromatic N) is 1. The van der Waals surface area contributed by atoms with Crippen LogP contribution in [-0.4, -0.2) is 26.8 Å². The number of hydrogen-bond donors (Lipinski definition) is 2. The number of ether oxygens (including phenoxy) is 3. The molecule has 0 atom stereocenters. The van der Waals surface area contributed by atoms with Crippen LogP contribution in [0.15, 0.2) is 18.2 Å². The van der Waals surface area contributed by atoms with Crippen LogP contribution in [0.2, 0.25) is 0 Å². The van der Waals surface area contributed by atoms with Crippen LogP contribution in [0.3, 0.4) is 0 Å². The molecule has 1 aromatic carbocycles. The fourth-order valence-corrected chi connectivity index (χ4v) is 2.82. The lowest BCUT2D eigenvalue weighted by Gasteiger charge is -2.05. The van der Waals surface area contributed by atoms with Crippen molar-refractivity contribution in [1.29, 1.82) is 5.26 Å². The Morgan fingerprint density at radius 1 is 1.28 bits per heavy atom. The van der Waals surface area contributed by atoms with Crippen molar-refractivity contribution < 1.29 is 19.0 Å². The summed E-state index contributed by atoms with van der Waals surface area (Å²) in [5.74, 6) is 0.998. The van der Waals surface area contributed by atoms with Crippen LogP contribution in [0.4, 0.5) is 10.7 Å². The standard InChI is InChI=1S/C9H10N2O2S.C8H11NO2/c1-3-13-9(12)7-5(2)6(4-10)8(11)14-7;1-10-6-3-4-8(11-2)7(9)5-6/h3,11H2,1-2H3;3-5H,9H2,1-2H3. The molecule has 2 rings (SSSR count). The van der Waals surface area contributed by atoms with Gasteiger partial charge in [-0.1, -0.05) is 0 Å². The Labute approximate surface area is 150 Å². The van der Waals surface area contributed by atoms with E-state index in [1.165, 1.54) is 0 Å². The van der Waals surface area contributed by atoms with E-state index in [1.807, 2.05) is 6.07 Å². The molecule has 0 fully saturated rings. The monoisotopic (exact) mass is 363 g/mol. The van der Waals surface area contributed by atoms with Crippen LogP contribution < -0.4 is 20.9 Å². The van der Waals surface area contributed by atoms with Crippen molar-refractivity contribution in [3.8, 4) is 17.6 Å². The maximum absolute atomic E-state index is 11.4. The predicted octanol–water partition coefficient (Wildman–Crippen LogP) is 2.97. The lowest BCUT2D eigenvalue weighted by molar-refractivity contribution is 0.0531. The van der Waals surface area contributed by atoms with Gasteiger partial charge in [0.25, 0.3) is 0 Å². The highest BCUT2D eigenvalue weighted by atomic mass is 32.1. The lowest BCUT2D eigenvalue weighted by Crippen LogP contribution is -2.03. The van der Waals surface area contributed by atoms with Gasteiger partial charge in [-0.15, -0.1) is 11.3 Å². The molecule has 0 saturated carbocycles. The van der Waals surface area contributed by atoms with Crippen molar-refractivity contribution in [3.63, 3.8) is 0 Å². The molecule has 0 amide bonds. The smallest absolute Gasteiger partial charge is 0.348 e. The maximum atomic E-state index is 11.4. The van der Waals surface area contributed by atoms with Gasteiger partial charge in [0.15, 0.2) is 0 Å². The van der Waals surface area contributed by atoms with Crippen molar-refractivity contribution in [2.45, 2.75) is 13.8 Å². The molecule has 0 aliphatic heterocycles. The first-order valence-electron chi connectivity index (χ1n) is 7.33. The summed E-state index contributed by atoms with van der Waals surface area (Å²) in [5, 5.41) is 9.12. The zero-order chi connectivity index (χ0) is 19.0. The zero-order valence-corrected chi connectivity index (χ0v) is 15.4. The van der Waals surface area contributed by atoms with Crippen LogP contribution in [0.25, 0.3) is 0 Å². The molecule has 0 saturated heterocycles. The molecule has 0 aliphatic carbocycles. The largest absolute Gasteiger partial charge is 0.497 e. The molecular formula is C17H21N3O4S. The molecule has 7 nitrogen and oxygen atoms in total. The summed E-state index contributed by atoms with van der Waals surface area (Å²) in [4.78, 5) is 11.8. The van der Waals surface area contributed by atoms with E-state index in [9.17, 15) is 4.79 Å².